The largest absolute Gasteiger partial charge is 0.334 e. The molecule has 4 heteroatoms. The zero-order chi connectivity index (χ0) is 13.2. The van der Waals surface area contributed by atoms with Crippen LogP contribution < -0.4 is 16.4 Å². The van der Waals surface area contributed by atoms with E-state index in [0.717, 1.165) is 24.8 Å². The maximum atomic E-state index is 11.7. The van der Waals surface area contributed by atoms with Crippen molar-refractivity contribution in [2.24, 2.45) is 5.73 Å². The number of nitrogens with one attached hydrogen (secondary N) is 2. The standard InChI is InChI=1S/C14H23N3O/c1-2-3-9-13(10-15)17-14(18)16-11-12-7-5-4-6-8-12/h4-8,13H,2-3,9-11,15H2,1H3,(H2,16,17,18). The molecule has 1 atom stereocenters. The van der Waals surface area contributed by atoms with Gasteiger partial charge >= 0.3 is 6.03 Å². The van der Waals surface area contributed by atoms with Crippen molar-refractivity contribution in [2.45, 2.75) is 38.8 Å². The summed E-state index contributed by atoms with van der Waals surface area (Å²) in [6.45, 7) is 3.15. The molecule has 2 amide bonds. The Balaban J connectivity index is 2.28. The fourth-order valence-corrected chi connectivity index (χ4v) is 1.71. The van der Waals surface area contributed by atoms with Crippen LogP contribution in [0.5, 0.6) is 0 Å². The Morgan fingerprint density at radius 1 is 1.33 bits per heavy atom. The van der Waals surface area contributed by atoms with E-state index in [1.807, 2.05) is 30.3 Å². The molecule has 1 rings (SSSR count). The number of rotatable bonds is 7. The number of amides is 2. The molecule has 0 radical (unpaired) electrons. The average molecular weight is 249 g/mol. The van der Waals surface area contributed by atoms with Crippen LogP contribution in [-0.4, -0.2) is 18.6 Å². The van der Waals surface area contributed by atoms with Gasteiger partial charge in [-0.25, -0.2) is 4.79 Å². The van der Waals surface area contributed by atoms with Crippen LogP contribution >= 0.6 is 0 Å². The lowest BCUT2D eigenvalue weighted by Gasteiger charge is -2.17. The normalized spacial score (nSPS) is 11.9. The highest BCUT2D eigenvalue weighted by atomic mass is 16.2. The summed E-state index contributed by atoms with van der Waals surface area (Å²) >= 11 is 0. The second-order valence-corrected chi connectivity index (χ2v) is 4.39. The minimum absolute atomic E-state index is 0.0701. The summed E-state index contributed by atoms with van der Waals surface area (Å²) in [4.78, 5) is 11.7. The Bertz CT molecular complexity index is 340. The van der Waals surface area contributed by atoms with Crippen LogP contribution in [0, 0.1) is 0 Å². The van der Waals surface area contributed by atoms with E-state index in [2.05, 4.69) is 17.6 Å². The maximum absolute atomic E-state index is 11.7. The molecule has 100 valence electrons. The number of benzene rings is 1. The molecule has 0 spiro atoms. The smallest absolute Gasteiger partial charge is 0.315 e. The van der Waals surface area contributed by atoms with Crippen LogP contribution in [0.15, 0.2) is 30.3 Å². The van der Waals surface area contributed by atoms with Gasteiger partial charge in [0, 0.05) is 19.1 Å². The van der Waals surface area contributed by atoms with E-state index in [-0.39, 0.29) is 12.1 Å². The highest BCUT2D eigenvalue weighted by Gasteiger charge is 2.09. The topological polar surface area (TPSA) is 67.1 Å². The minimum Gasteiger partial charge on any atom is -0.334 e. The first-order valence-electron chi connectivity index (χ1n) is 6.54. The van der Waals surface area contributed by atoms with Crippen molar-refractivity contribution < 1.29 is 4.79 Å². The fraction of sp³-hybridized carbons (Fsp3) is 0.500. The van der Waals surface area contributed by atoms with E-state index >= 15 is 0 Å². The van der Waals surface area contributed by atoms with Crippen molar-refractivity contribution in [2.75, 3.05) is 6.54 Å². The second kappa shape index (κ2) is 8.53. The summed E-state index contributed by atoms with van der Waals surface area (Å²) < 4.78 is 0. The van der Waals surface area contributed by atoms with Gasteiger partial charge in [0.2, 0.25) is 0 Å². The second-order valence-electron chi connectivity index (χ2n) is 4.39. The summed E-state index contributed by atoms with van der Waals surface area (Å²) in [5.74, 6) is 0. The van der Waals surface area contributed by atoms with Crippen LogP contribution in [0.2, 0.25) is 0 Å². The Kier molecular flexibility index (Phi) is 6.87. The Labute approximate surface area is 109 Å². The van der Waals surface area contributed by atoms with Gasteiger partial charge in [0.1, 0.15) is 0 Å². The number of carbonyl (C=O) groups is 1. The van der Waals surface area contributed by atoms with Gasteiger partial charge in [-0.3, -0.25) is 0 Å². The van der Waals surface area contributed by atoms with E-state index in [1.165, 1.54) is 0 Å². The van der Waals surface area contributed by atoms with E-state index in [1.54, 1.807) is 0 Å². The van der Waals surface area contributed by atoms with Crippen LogP contribution in [0.3, 0.4) is 0 Å². The number of nitrogens with two attached hydrogens (primary N) is 1. The lowest BCUT2D eigenvalue weighted by atomic mass is 10.1. The quantitative estimate of drug-likeness (QED) is 0.692. The van der Waals surface area contributed by atoms with Gasteiger partial charge < -0.3 is 16.4 Å². The van der Waals surface area contributed by atoms with E-state index in [9.17, 15) is 4.79 Å². The third-order valence-electron chi connectivity index (χ3n) is 2.82. The Hall–Kier alpha value is -1.55. The molecule has 0 heterocycles. The van der Waals surface area contributed by atoms with Crippen molar-refractivity contribution in [3.05, 3.63) is 35.9 Å². The van der Waals surface area contributed by atoms with E-state index < -0.39 is 0 Å². The minimum atomic E-state index is -0.148. The van der Waals surface area contributed by atoms with Gasteiger partial charge in [-0.05, 0) is 12.0 Å². The molecule has 0 aliphatic rings. The molecule has 0 aromatic heterocycles. The third-order valence-corrected chi connectivity index (χ3v) is 2.82. The first-order valence-corrected chi connectivity index (χ1v) is 6.54. The Morgan fingerprint density at radius 3 is 2.67 bits per heavy atom. The Morgan fingerprint density at radius 2 is 2.06 bits per heavy atom. The maximum Gasteiger partial charge on any atom is 0.315 e. The van der Waals surface area contributed by atoms with Gasteiger partial charge in [0.05, 0.1) is 0 Å². The third kappa shape index (κ3) is 5.68. The summed E-state index contributed by atoms with van der Waals surface area (Å²) in [7, 11) is 0. The van der Waals surface area contributed by atoms with Crippen molar-refractivity contribution in [1.29, 1.82) is 0 Å². The number of carbonyl (C=O) groups excluding carboxylic acids is 1. The highest BCUT2D eigenvalue weighted by Crippen LogP contribution is 2.00. The first kappa shape index (κ1) is 14.5. The highest BCUT2D eigenvalue weighted by molar-refractivity contribution is 5.74. The molecule has 0 aliphatic carbocycles. The van der Waals surface area contributed by atoms with Crippen molar-refractivity contribution in [3.8, 4) is 0 Å². The van der Waals surface area contributed by atoms with Gasteiger partial charge in [-0.2, -0.15) is 0 Å². The van der Waals surface area contributed by atoms with Crippen LogP contribution in [0.1, 0.15) is 31.7 Å². The number of unbranched alkanes of at least 4 members (excludes halogenated alkanes) is 1. The predicted octanol–water partition coefficient (Wildman–Crippen LogP) is 2.00. The number of hydrogen-bond donors (Lipinski definition) is 3. The summed E-state index contributed by atoms with van der Waals surface area (Å²) in [5.41, 5.74) is 6.72. The first-order chi connectivity index (χ1) is 8.76. The summed E-state index contributed by atoms with van der Waals surface area (Å²) in [6.07, 6.45) is 3.14. The van der Waals surface area contributed by atoms with Gasteiger partial charge in [-0.15, -0.1) is 0 Å². The molecular formula is C14H23N3O. The molecule has 1 aromatic carbocycles. The van der Waals surface area contributed by atoms with Crippen LogP contribution in [-0.2, 0) is 6.54 Å². The van der Waals surface area contributed by atoms with Gasteiger partial charge in [0.25, 0.3) is 0 Å². The summed E-state index contributed by atoms with van der Waals surface area (Å²) in [5, 5.41) is 5.73. The zero-order valence-corrected chi connectivity index (χ0v) is 11.0. The average Bonchev–Trinajstić information content (AvgIpc) is 2.42. The van der Waals surface area contributed by atoms with E-state index in [4.69, 9.17) is 5.73 Å². The molecule has 0 bridgehead atoms. The molecule has 0 saturated heterocycles. The zero-order valence-electron chi connectivity index (χ0n) is 11.0. The van der Waals surface area contributed by atoms with Crippen LogP contribution in [0.4, 0.5) is 4.79 Å². The number of hydrogen-bond acceptors (Lipinski definition) is 2. The van der Waals surface area contributed by atoms with Gasteiger partial charge in [-0.1, -0.05) is 50.1 Å². The molecule has 1 aromatic rings. The van der Waals surface area contributed by atoms with Crippen molar-refractivity contribution in [3.63, 3.8) is 0 Å². The molecule has 4 N–H and O–H groups in total. The van der Waals surface area contributed by atoms with Gasteiger partial charge in [0.15, 0.2) is 0 Å². The SMILES string of the molecule is CCCCC(CN)NC(=O)NCc1ccccc1. The summed E-state index contributed by atoms with van der Waals surface area (Å²) in [6, 6.07) is 9.76. The van der Waals surface area contributed by atoms with Crippen LogP contribution in [0.25, 0.3) is 0 Å². The van der Waals surface area contributed by atoms with Crippen molar-refractivity contribution >= 4 is 6.03 Å². The molecule has 0 saturated carbocycles. The molecule has 0 aliphatic heterocycles. The molecular weight excluding hydrogens is 226 g/mol. The number of urea groups is 1. The predicted molar refractivity (Wildman–Crippen MR) is 74.2 cm³/mol. The molecule has 4 nitrogen and oxygen atoms in total. The van der Waals surface area contributed by atoms with E-state index in [0.29, 0.717) is 13.1 Å². The van der Waals surface area contributed by atoms with Crippen molar-refractivity contribution in [1.82, 2.24) is 10.6 Å². The molecule has 18 heavy (non-hydrogen) atoms. The monoisotopic (exact) mass is 249 g/mol. The lowest BCUT2D eigenvalue weighted by Crippen LogP contribution is -2.45. The molecule has 1 unspecified atom stereocenters. The lowest BCUT2D eigenvalue weighted by molar-refractivity contribution is 0.236. The fourth-order valence-electron chi connectivity index (χ4n) is 1.71. The molecule has 0 fully saturated rings.